The third kappa shape index (κ3) is 3.95. The first-order valence-electron chi connectivity index (χ1n) is 4.28. The highest BCUT2D eigenvalue weighted by Crippen LogP contribution is 2.27. The summed E-state index contributed by atoms with van der Waals surface area (Å²) in [4.78, 5) is 0.822. The lowest BCUT2D eigenvalue weighted by Gasteiger charge is -1.99. The summed E-state index contributed by atoms with van der Waals surface area (Å²) in [7, 11) is -3.57. The molecule has 1 heterocycles. The first-order valence-corrected chi connectivity index (χ1v) is 6.94. The molecule has 15 heavy (non-hydrogen) atoms. The van der Waals surface area contributed by atoms with Crippen LogP contribution in [0, 0.1) is 0 Å². The largest absolute Gasteiger partial charge is 0.290 e. The highest BCUT2D eigenvalue weighted by molar-refractivity contribution is 7.89. The summed E-state index contributed by atoms with van der Waals surface area (Å²) in [6.45, 7) is 3.47. The van der Waals surface area contributed by atoms with Crippen molar-refractivity contribution < 1.29 is 12.6 Å². The lowest BCUT2D eigenvalue weighted by atomic mass is 10.3. The van der Waals surface area contributed by atoms with Crippen LogP contribution < -0.4 is 0 Å². The summed E-state index contributed by atoms with van der Waals surface area (Å²) in [6.07, 6.45) is 0. The maximum atomic E-state index is 11.3. The number of thiophene rings is 1. The summed E-state index contributed by atoms with van der Waals surface area (Å²) >= 11 is 7.08. The van der Waals surface area contributed by atoms with Crippen LogP contribution in [0.3, 0.4) is 0 Å². The van der Waals surface area contributed by atoms with Crippen LogP contribution in [0.4, 0.5) is 0 Å². The van der Waals surface area contributed by atoms with Crippen LogP contribution in [0.5, 0.6) is 0 Å². The van der Waals surface area contributed by atoms with Crippen molar-refractivity contribution in [2.45, 2.75) is 13.8 Å². The molecule has 1 aromatic heterocycles. The summed E-state index contributed by atoms with van der Waals surface area (Å²) in [5.41, 5.74) is 0.625. The zero-order valence-electron chi connectivity index (χ0n) is 8.36. The Balaban J connectivity index is 2.94. The van der Waals surface area contributed by atoms with Gasteiger partial charge in [-0.05, 0) is 31.6 Å². The van der Waals surface area contributed by atoms with Crippen molar-refractivity contribution in [3.8, 4) is 0 Å². The van der Waals surface area contributed by atoms with Crippen LogP contribution in [0.2, 0.25) is 4.34 Å². The normalized spacial score (nSPS) is 13.1. The Hall–Kier alpha value is -0.360. The average molecular weight is 267 g/mol. The van der Waals surface area contributed by atoms with E-state index >= 15 is 0 Å². The molecular weight excluding hydrogens is 256 g/mol. The molecule has 0 spiro atoms. The van der Waals surface area contributed by atoms with Gasteiger partial charge in [-0.1, -0.05) is 11.6 Å². The van der Waals surface area contributed by atoms with E-state index in [4.69, 9.17) is 11.6 Å². The minimum absolute atomic E-state index is 0.136. The molecule has 0 radical (unpaired) electrons. The van der Waals surface area contributed by atoms with Crippen molar-refractivity contribution in [3.63, 3.8) is 0 Å². The van der Waals surface area contributed by atoms with Gasteiger partial charge in [-0.25, -0.2) is 0 Å². The Kier molecular flexibility index (Phi) is 4.33. The smallest absolute Gasteiger partial charge is 0.267 e. The van der Waals surface area contributed by atoms with Gasteiger partial charge in [0.2, 0.25) is 0 Å². The highest BCUT2D eigenvalue weighted by atomic mass is 35.5. The molecule has 0 aromatic carbocycles. The van der Waals surface area contributed by atoms with Gasteiger partial charge in [-0.15, -0.1) is 11.3 Å². The quantitative estimate of drug-likeness (QED) is 0.787. The summed E-state index contributed by atoms with van der Waals surface area (Å²) in [6, 6.07) is 3.51. The molecule has 0 atom stereocenters. The minimum Gasteiger partial charge on any atom is -0.267 e. The molecule has 0 saturated carbocycles. The zero-order valence-corrected chi connectivity index (χ0v) is 10.7. The van der Waals surface area contributed by atoms with Crippen molar-refractivity contribution >= 4 is 38.6 Å². The summed E-state index contributed by atoms with van der Waals surface area (Å²) < 4.78 is 27.8. The van der Waals surface area contributed by atoms with Crippen molar-refractivity contribution in [2.24, 2.45) is 0 Å². The van der Waals surface area contributed by atoms with Crippen LogP contribution >= 0.6 is 22.9 Å². The Morgan fingerprint density at radius 1 is 1.60 bits per heavy atom. The number of halogens is 1. The third-order valence-electron chi connectivity index (χ3n) is 1.57. The Labute approximate surface area is 98.5 Å². The van der Waals surface area contributed by atoms with E-state index in [0.717, 1.165) is 10.3 Å². The van der Waals surface area contributed by atoms with Gasteiger partial charge in [0.15, 0.2) is 0 Å². The van der Waals surface area contributed by atoms with Crippen LogP contribution in [-0.2, 0) is 14.3 Å². The van der Waals surface area contributed by atoms with Gasteiger partial charge >= 0.3 is 0 Å². The number of hydrogen-bond acceptors (Lipinski definition) is 4. The van der Waals surface area contributed by atoms with Gasteiger partial charge < -0.3 is 0 Å². The van der Waals surface area contributed by atoms with Crippen LogP contribution in [-0.4, -0.2) is 15.0 Å². The van der Waals surface area contributed by atoms with Gasteiger partial charge in [0.05, 0.1) is 16.4 Å². The topological polar surface area (TPSA) is 43.4 Å². The van der Waals surface area contributed by atoms with Crippen LogP contribution in [0.15, 0.2) is 17.5 Å². The molecule has 1 aromatic rings. The molecular formula is C9H11ClO3S2. The second-order valence-corrected chi connectivity index (χ2v) is 5.98. The molecule has 3 nitrogen and oxygen atoms in total. The molecule has 0 unspecified atom stereocenters. The number of allylic oxidation sites excluding steroid dienone is 1. The van der Waals surface area contributed by atoms with Gasteiger partial charge in [-0.3, -0.25) is 4.18 Å². The second-order valence-electron chi connectivity index (χ2n) is 2.80. The number of hydrogen-bond donors (Lipinski definition) is 0. The fraction of sp³-hybridized carbons (Fsp3) is 0.333. The van der Waals surface area contributed by atoms with Gasteiger partial charge in [-0.2, -0.15) is 8.42 Å². The van der Waals surface area contributed by atoms with Crippen LogP contribution in [0.25, 0.3) is 5.57 Å². The molecule has 6 heteroatoms. The SMILES string of the molecule is CCOS(=O)(=O)/C=C(\C)c1ccc(Cl)s1. The number of rotatable bonds is 4. The Morgan fingerprint density at radius 2 is 2.27 bits per heavy atom. The maximum absolute atomic E-state index is 11.3. The van der Waals surface area contributed by atoms with E-state index in [2.05, 4.69) is 4.18 Å². The lowest BCUT2D eigenvalue weighted by Crippen LogP contribution is -2.01. The average Bonchev–Trinajstić information content (AvgIpc) is 2.50. The minimum atomic E-state index is -3.57. The first kappa shape index (κ1) is 12.7. The van der Waals surface area contributed by atoms with E-state index in [1.807, 2.05) is 0 Å². The van der Waals surface area contributed by atoms with E-state index in [0.29, 0.717) is 9.91 Å². The Morgan fingerprint density at radius 3 is 2.73 bits per heavy atom. The third-order valence-corrected chi connectivity index (χ3v) is 4.14. The highest BCUT2D eigenvalue weighted by Gasteiger charge is 2.08. The van der Waals surface area contributed by atoms with E-state index in [1.165, 1.54) is 11.3 Å². The molecule has 0 aliphatic heterocycles. The maximum Gasteiger partial charge on any atom is 0.290 e. The van der Waals surface area contributed by atoms with E-state index in [-0.39, 0.29) is 6.61 Å². The lowest BCUT2D eigenvalue weighted by molar-refractivity contribution is 0.345. The fourth-order valence-corrected chi connectivity index (χ4v) is 3.04. The van der Waals surface area contributed by atoms with Crippen molar-refractivity contribution in [1.82, 2.24) is 0 Å². The summed E-state index contributed by atoms with van der Waals surface area (Å²) in [5.74, 6) is 0. The fourth-order valence-electron chi connectivity index (χ4n) is 0.999. The van der Waals surface area contributed by atoms with Gasteiger partial charge in [0.1, 0.15) is 0 Å². The molecule has 0 aliphatic rings. The first-order chi connectivity index (χ1) is 6.94. The molecule has 0 bridgehead atoms. The molecule has 0 N–H and O–H groups in total. The molecule has 0 fully saturated rings. The molecule has 84 valence electrons. The standard InChI is InChI=1S/C9H11ClO3S2/c1-3-13-15(11,12)6-7(2)8-4-5-9(10)14-8/h4-6H,3H2,1-2H3/b7-6+. The predicted octanol–water partition coefficient (Wildman–Crippen LogP) is 3.13. The molecule has 0 saturated heterocycles. The predicted molar refractivity (Wildman–Crippen MR) is 63.5 cm³/mol. The van der Waals surface area contributed by atoms with Crippen molar-refractivity contribution in [1.29, 1.82) is 0 Å². The van der Waals surface area contributed by atoms with Gasteiger partial charge in [0.25, 0.3) is 10.1 Å². The zero-order chi connectivity index (χ0) is 11.5. The van der Waals surface area contributed by atoms with Gasteiger partial charge in [0, 0.05) is 4.88 Å². The monoisotopic (exact) mass is 266 g/mol. The summed E-state index contributed by atoms with van der Waals surface area (Å²) in [5, 5.41) is 1.11. The molecule has 0 aliphatic carbocycles. The van der Waals surface area contributed by atoms with Crippen LogP contribution in [0.1, 0.15) is 18.7 Å². The van der Waals surface area contributed by atoms with Crippen molar-refractivity contribution in [3.05, 3.63) is 26.8 Å². The molecule has 1 rings (SSSR count). The van der Waals surface area contributed by atoms with Crippen molar-refractivity contribution in [2.75, 3.05) is 6.61 Å². The second kappa shape index (κ2) is 5.12. The van der Waals surface area contributed by atoms with E-state index in [9.17, 15) is 8.42 Å². The van der Waals surface area contributed by atoms with E-state index in [1.54, 1.807) is 26.0 Å². The Bertz CT molecular complexity index is 459. The molecule has 0 amide bonds. The van der Waals surface area contributed by atoms with E-state index < -0.39 is 10.1 Å².